The molecular weight excluding hydrogens is 640 g/mol. The van der Waals surface area contributed by atoms with Gasteiger partial charge in [0.2, 0.25) is 11.8 Å². The number of hydrogen-bond acceptors (Lipinski definition) is 8. The summed E-state index contributed by atoms with van der Waals surface area (Å²) in [5.41, 5.74) is -0.113. The second-order valence-electron chi connectivity index (χ2n) is 13.7. The average molecular weight is 689 g/mol. The van der Waals surface area contributed by atoms with E-state index in [0.717, 1.165) is 5.56 Å². The molecule has 1 saturated carbocycles. The second kappa shape index (κ2) is 15.6. The highest BCUT2D eigenvalue weighted by Crippen LogP contribution is 2.44. The van der Waals surface area contributed by atoms with E-state index in [0.29, 0.717) is 28.1 Å². The Morgan fingerprint density at radius 3 is 2.38 bits per heavy atom. The molecule has 1 fully saturated rings. The number of fused-ring (bicyclic) bond motifs is 1. The summed E-state index contributed by atoms with van der Waals surface area (Å²) >= 11 is 0. The number of alkyl carbamates (subject to hydrolysis) is 1. The lowest BCUT2D eigenvalue weighted by molar-refractivity contribution is -0.147. The molecule has 12 nitrogen and oxygen atoms in total. The molecule has 0 saturated heterocycles. The van der Waals surface area contributed by atoms with Crippen molar-refractivity contribution >= 4 is 34.8 Å². The van der Waals surface area contributed by atoms with E-state index in [1.165, 1.54) is 11.0 Å². The van der Waals surface area contributed by atoms with Crippen LogP contribution < -0.4 is 20.1 Å². The molecule has 3 aromatic rings. The lowest BCUT2D eigenvalue weighted by Crippen LogP contribution is -2.60. The van der Waals surface area contributed by atoms with Gasteiger partial charge in [-0.15, -0.1) is 6.58 Å². The predicted molar refractivity (Wildman–Crippen MR) is 190 cm³/mol. The average Bonchev–Trinajstić information content (AvgIpc) is 3.79. The molecule has 1 aliphatic rings. The Bertz CT molecular complexity index is 1720. The fourth-order valence-electron chi connectivity index (χ4n) is 5.85. The van der Waals surface area contributed by atoms with Gasteiger partial charge in [-0.3, -0.25) is 9.59 Å². The van der Waals surface area contributed by atoms with E-state index in [-0.39, 0.29) is 31.9 Å². The zero-order valence-electron chi connectivity index (χ0n) is 29.8. The number of rotatable bonds is 15. The van der Waals surface area contributed by atoms with E-state index < -0.39 is 53.0 Å². The van der Waals surface area contributed by atoms with Gasteiger partial charge in [-0.05, 0) is 51.7 Å². The molecule has 12 heteroatoms. The molecule has 268 valence electrons. The highest BCUT2D eigenvalue weighted by Gasteiger charge is 2.60. The van der Waals surface area contributed by atoms with Crippen molar-refractivity contribution in [1.82, 2.24) is 20.5 Å². The van der Waals surface area contributed by atoms with Crippen molar-refractivity contribution in [3.8, 4) is 22.8 Å². The molecule has 4 atom stereocenters. The molecule has 0 bridgehead atoms. The number of carbonyl (C=O) groups excluding carboxylic acids is 3. The molecule has 50 heavy (non-hydrogen) atoms. The first-order valence-corrected chi connectivity index (χ1v) is 16.8. The lowest BCUT2D eigenvalue weighted by Gasteiger charge is -2.35. The Morgan fingerprint density at radius 1 is 1.12 bits per heavy atom. The Hall–Kier alpha value is -5.13. The first-order chi connectivity index (χ1) is 23.6. The minimum absolute atomic E-state index is 0.0362. The number of aliphatic carboxylic acids is 1. The normalized spacial score (nSPS) is 18.0. The van der Waals surface area contributed by atoms with Crippen LogP contribution in [0.15, 0.2) is 67.3 Å². The molecule has 1 heterocycles. The Kier molecular flexibility index (Phi) is 11.8. The first kappa shape index (κ1) is 37.7. The molecule has 0 radical (unpaired) electrons. The molecule has 1 aromatic heterocycles. The van der Waals surface area contributed by atoms with Gasteiger partial charge in [0.25, 0.3) is 0 Å². The third-order valence-electron chi connectivity index (χ3n) is 8.62. The van der Waals surface area contributed by atoms with Crippen LogP contribution in [0.4, 0.5) is 4.79 Å². The van der Waals surface area contributed by atoms with Gasteiger partial charge in [0.1, 0.15) is 41.3 Å². The number of carboxylic acid groups (broad SMARTS) is 1. The maximum absolute atomic E-state index is 14.4. The number of pyridine rings is 1. The minimum atomic E-state index is -1.49. The van der Waals surface area contributed by atoms with Crippen LogP contribution >= 0.6 is 0 Å². The van der Waals surface area contributed by atoms with Gasteiger partial charge >= 0.3 is 12.1 Å². The third-order valence-corrected chi connectivity index (χ3v) is 8.62. The van der Waals surface area contributed by atoms with Crippen molar-refractivity contribution in [2.75, 3.05) is 20.3 Å². The number of benzene rings is 2. The summed E-state index contributed by atoms with van der Waals surface area (Å²) in [7, 11) is 1.58. The summed E-state index contributed by atoms with van der Waals surface area (Å²) in [5, 5.41) is 16.0. The van der Waals surface area contributed by atoms with Crippen LogP contribution in [-0.2, 0) is 19.1 Å². The fraction of sp³-hybridized carbons (Fsp3) is 0.447. The molecule has 2 aromatic carbocycles. The van der Waals surface area contributed by atoms with Gasteiger partial charge in [0.15, 0.2) is 0 Å². The summed E-state index contributed by atoms with van der Waals surface area (Å²) in [6.07, 6.45) is 1.09. The number of carbonyl (C=O) groups is 4. The maximum Gasteiger partial charge on any atom is 0.408 e. The van der Waals surface area contributed by atoms with E-state index in [9.17, 15) is 24.3 Å². The van der Waals surface area contributed by atoms with E-state index in [2.05, 4.69) is 17.2 Å². The van der Waals surface area contributed by atoms with Crippen molar-refractivity contribution in [2.24, 2.45) is 11.8 Å². The van der Waals surface area contributed by atoms with Crippen LogP contribution in [0.2, 0.25) is 0 Å². The van der Waals surface area contributed by atoms with Gasteiger partial charge in [-0.1, -0.05) is 57.2 Å². The van der Waals surface area contributed by atoms with E-state index >= 15 is 0 Å². The SMILES string of the molecule is C=CC1C[C@]1(NC(=O)[C@H](CC)N(CCOc1cc(-c2ccccc2)nc2cc(OC)ccc12)C(=O)[C@@H](NC(=O)OC(C)(C)C)C(C)C)C(=O)O. The van der Waals surface area contributed by atoms with E-state index in [1.807, 2.05) is 48.5 Å². The number of amides is 3. The van der Waals surface area contributed by atoms with Crippen LogP contribution in [0, 0.1) is 11.8 Å². The fourth-order valence-corrected chi connectivity index (χ4v) is 5.85. The van der Waals surface area contributed by atoms with Crippen molar-refractivity contribution in [3.63, 3.8) is 0 Å². The number of aromatic nitrogens is 1. The summed E-state index contributed by atoms with van der Waals surface area (Å²) in [5.74, 6) is -2.03. The summed E-state index contributed by atoms with van der Waals surface area (Å²) in [4.78, 5) is 59.4. The second-order valence-corrected chi connectivity index (χ2v) is 13.7. The Labute approximate surface area is 293 Å². The molecule has 0 aliphatic heterocycles. The number of ether oxygens (including phenoxy) is 3. The zero-order valence-corrected chi connectivity index (χ0v) is 29.8. The van der Waals surface area contributed by atoms with Crippen molar-refractivity contribution < 1.29 is 38.5 Å². The number of hydrogen-bond donors (Lipinski definition) is 3. The highest BCUT2D eigenvalue weighted by molar-refractivity contribution is 5.96. The molecule has 3 amide bonds. The van der Waals surface area contributed by atoms with Gasteiger partial charge in [-0.25, -0.2) is 14.6 Å². The largest absolute Gasteiger partial charge is 0.497 e. The van der Waals surface area contributed by atoms with Gasteiger partial charge in [0.05, 0.1) is 24.9 Å². The first-order valence-electron chi connectivity index (χ1n) is 16.8. The minimum Gasteiger partial charge on any atom is -0.497 e. The zero-order chi connectivity index (χ0) is 36.8. The molecule has 1 aliphatic carbocycles. The molecular formula is C38H48N4O8. The summed E-state index contributed by atoms with van der Waals surface area (Å²) < 4.78 is 17.2. The topological polar surface area (TPSA) is 156 Å². The predicted octanol–water partition coefficient (Wildman–Crippen LogP) is 5.59. The van der Waals surface area contributed by atoms with Gasteiger partial charge < -0.3 is 34.9 Å². The monoisotopic (exact) mass is 688 g/mol. The summed E-state index contributed by atoms with van der Waals surface area (Å²) in [6.45, 7) is 14.0. The van der Waals surface area contributed by atoms with Crippen molar-refractivity contribution in [2.45, 2.75) is 77.6 Å². The number of methoxy groups -OCH3 is 1. The number of nitrogens with zero attached hydrogens (tertiary/aromatic N) is 2. The smallest absolute Gasteiger partial charge is 0.408 e. The number of nitrogens with one attached hydrogen (secondary N) is 2. The Balaban J connectivity index is 1.67. The van der Waals surface area contributed by atoms with Crippen molar-refractivity contribution in [3.05, 3.63) is 67.3 Å². The highest BCUT2D eigenvalue weighted by atomic mass is 16.6. The van der Waals surface area contributed by atoms with Crippen LogP contribution in [0.25, 0.3) is 22.2 Å². The maximum atomic E-state index is 14.4. The molecule has 0 spiro atoms. The standard InChI is InChI=1S/C38H48N4O8/c1-9-25-22-38(25,35(45)46)41-33(43)30(10-2)42(34(44)32(23(3)4)40-36(47)50-37(5,6)7)18-19-49-31-21-28(24-14-12-11-13-15-24)39-29-20-26(48-8)16-17-27(29)31/h9,11-17,20-21,23,25,30,32H,1,10,18-19,22H2,2-8H3,(H,40,47)(H,41,43)(H,45,46)/t25?,30-,32-,38+/m0/s1. The lowest BCUT2D eigenvalue weighted by atomic mass is 10.0. The summed E-state index contributed by atoms with van der Waals surface area (Å²) in [6, 6.07) is 14.8. The van der Waals surface area contributed by atoms with E-state index in [4.69, 9.17) is 19.2 Å². The quantitative estimate of drug-likeness (QED) is 0.173. The van der Waals surface area contributed by atoms with Gasteiger partial charge in [0, 0.05) is 29.0 Å². The van der Waals surface area contributed by atoms with Crippen molar-refractivity contribution in [1.29, 1.82) is 0 Å². The third kappa shape index (κ3) is 8.71. The Morgan fingerprint density at radius 2 is 1.82 bits per heavy atom. The van der Waals surface area contributed by atoms with Gasteiger partial charge in [-0.2, -0.15) is 0 Å². The van der Waals surface area contributed by atoms with Crippen LogP contribution in [0.1, 0.15) is 54.4 Å². The van der Waals surface area contributed by atoms with Crippen LogP contribution in [0.5, 0.6) is 11.5 Å². The molecule has 1 unspecified atom stereocenters. The van der Waals surface area contributed by atoms with E-state index in [1.54, 1.807) is 54.7 Å². The molecule has 4 rings (SSSR count). The van der Waals surface area contributed by atoms with Crippen LogP contribution in [-0.4, -0.2) is 82.4 Å². The molecule has 3 N–H and O–H groups in total. The number of carboxylic acids is 1. The van der Waals surface area contributed by atoms with Crippen LogP contribution in [0.3, 0.4) is 0 Å².